The SMILES string of the molecule is O=c1nc(N=CN2CCOCC2)ccn1C1CCC(CO)O1. The number of aromatic nitrogens is 2. The van der Waals surface area contributed by atoms with Crippen molar-refractivity contribution in [1.29, 1.82) is 0 Å². The van der Waals surface area contributed by atoms with Gasteiger partial charge in [-0.2, -0.15) is 4.98 Å². The highest BCUT2D eigenvalue weighted by Crippen LogP contribution is 2.26. The topological polar surface area (TPSA) is 89.2 Å². The van der Waals surface area contributed by atoms with E-state index in [2.05, 4.69) is 9.98 Å². The highest BCUT2D eigenvalue weighted by Gasteiger charge is 2.26. The second kappa shape index (κ2) is 6.99. The van der Waals surface area contributed by atoms with Crippen LogP contribution in [0, 0.1) is 0 Å². The maximum atomic E-state index is 12.1. The first kappa shape index (κ1) is 15.1. The van der Waals surface area contributed by atoms with Crippen LogP contribution in [0.15, 0.2) is 22.1 Å². The average molecular weight is 308 g/mol. The summed E-state index contributed by atoms with van der Waals surface area (Å²) < 4.78 is 12.3. The number of hydrogen-bond acceptors (Lipinski definition) is 6. The molecule has 0 aromatic carbocycles. The summed E-state index contributed by atoms with van der Waals surface area (Å²) in [5, 5.41) is 9.08. The number of rotatable bonds is 4. The van der Waals surface area contributed by atoms with Crippen molar-refractivity contribution in [2.24, 2.45) is 4.99 Å². The lowest BCUT2D eigenvalue weighted by Crippen LogP contribution is -2.35. The predicted molar refractivity (Wildman–Crippen MR) is 79.3 cm³/mol. The van der Waals surface area contributed by atoms with Gasteiger partial charge in [-0.05, 0) is 18.9 Å². The lowest BCUT2D eigenvalue weighted by Gasteiger charge is -2.23. The van der Waals surface area contributed by atoms with E-state index in [0.717, 1.165) is 19.5 Å². The van der Waals surface area contributed by atoms with E-state index in [1.807, 2.05) is 4.90 Å². The van der Waals surface area contributed by atoms with Crippen molar-refractivity contribution in [2.45, 2.75) is 25.2 Å². The fourth-order valence-electron chi connectivity index (χ4n) is 2.55. The summed E-state index contributed by atoms with van der Waals surface area (Å²) in [5.41, 5.74) is -0.389. The molecule has 0 saturated carbocycles. The van der Waals surface area contributed by atoms with Crippen molar-refractivity contribution in [1.82, 2.24) is 14.5 Å². The third-order valence-electron chi connectivity index (χ3n) is 3.81. The average Bonchev–Trinajstić information content (AvgIpc) is 3.03. The van der Waals surface area contributed by atoms with Crippen LogP contribution in [-0.2, 0) is 9.47 Å². The number of hydrogen-bond donors (Lipinski definition) is 1. The summed E-state index contributed by atoms with van der Waals surface area (Å²) in [6, 6.07) is 1.69. The van der Waals surface area contributed by atoms with Gasteiger partial charge in [-0.15, -0.1) is 0 Å². The third kappa shape index (κ3) is 3.52. The molecule has 0 amide bonds. The van der Waals surface area contributed by atoms with E-state index in [4.69, 9.17) is 14.6 Å². The Morgan fingerprint density at radius 2 is 2.23 bits per heavy atom. The molecular weight excluding hydrogens is 288 g/mol. The van der Waals surface area contributed by atoms with E-state index in [1.165, 1.54) is 4.57 Å². The van der Waals surface area contributed by atoms with Crippen LogP contribution in [0.4, 0.5) is 5.82 Å². The zero-order chi connectivity index (χ0) is 15.4. The fraction of sp³-hybridized carbons (Fsp3) is 0.643. The van der Waals surface area contributed by atoms with Gasteiger partial charge in [0.2, 0.25) is 0 Å². The van der Waals surface area contributed by atoms with Gasteiger partial charge in [-0.3, -0.25) is 4.57 Å². The molecule has 1 aromatic heterocycles. The van der Waals surface area contributed by atoms with E-state index in [0.29, 0.717) is 25.5 Å². The molecule has 2 saturated heterocycles. The number of nitrogens with zero attached hydrogens (tertiary/aromatic N) is 4. The highest BCUT2D eigenvalue weighted by atomic mass is 16.5. The lowest BCUT2D eigenvalue weighted by atomic mass is 10.2. The van der Waals surface area contributed by atoms with Crippen LogP contribution < -0.4 is 5.69 Å². The summed E-state index contributed by atoms with van der Waals surface area (Å²) in [4.78, 5) is 22.3. The van der Waals surface area contributed by atoms with Crippen molar-refractivity contribution in [3.8, 4) is 0 Å². The Bertz CT molecular complexity index is 582. The molecule has 2 atom stereocenters. The minimum atomic E-state index is -0.389. The van der Waals surface area contributed by atoms with E-state index >= 15 is 0 Å². The molecule has 8 nitrogen and oxygen atoms in total. The van der Waals surface area contributed by atoms with Gasteiger partial charge >= 0.3 is 5.69 Å². The Hall–Kier alpha value is -1.77. The quantitative estimate of drug-likeness (QED) is 0.617. The van der Waals surface area contributed by atoms with Crippen LogP contribution in [0.25, 0.3) is 0 Å². The number of aliphatic hydroxyl groups is 1. The Labute approximate surface area is 128 Å². The van der Waals surface area contributed by atoms with E-state index < -0.39 is 0 Å². The second-order valence-electron chi connectivity index (χ2n) is 5.34. The van der Waals surface area contributed by atoms with Gasteiger partial charge in [0.05, 0.1) is 32.3 Å². The first-order valence-electron chi connectivity index (χ1n) is 7.48. The molecule has 1 aromatic rings. The van der Waals surface area contributed by atoms with E-state index in [1.54, 1.807) is 18.6 Å². The summed E-state index contributed by atoms with van der Waals surface area (Å²) in [5.74, 6) is 0.379. The Morgan fingerprint density at radius 3 is 2.91 bits per heavy atom. The molecule has 0 bridgehead atoms. The summed E-state index contributed by atoms with van der Waals surface area (Å²) in [6.07, 6.45) is 4.23. The summed E-state index contributed by atoms with van der Waals surface area (Å²) in [7, 11) is 0. The maximum absolute atomic E-state index is 12.1. The van der Waals surface area contributed by atoms with Gasteiger partial charge in [0.1, 0.15) is 6.23 Å². The van der Waals surface area contributed by atoms with E-state index in [-0.39, 0.29) is 24.6 Å². The van der Waals surface area contributed by atoms with Crippen LogP contribution >= 0.6 is 0 Å². The van der Waals surface area contributed by atoms with Crippen LogP contribution in [-0.4, -0.2) is 64.9 Å². The van der Waals surface area contributed by atoms with Crippen molar-refractivity contribution in [3.05, 3.63) is 22.7 Å². The normalized spacial score (nSPS) is 26.0. The molecule has 120 valence electrons. The van der Waals surface area contributed by atoms with Gasteiger partial charge < -0.3 is 19.5 Å². The fourth-order valence-corrected chi connectivity index (χ4v) is 2.55. The van der Waals surface area contributed by atoms with Gasteiger partial charge in [0.15, 0.2) is 5.82 Å². The van der Waals surface area contributed by atoms with Crippen LogP contribution in [0.5, 0.6) is 0 Å². The number of ether oxygens (including phenoxy) is 2. The molecule has 0 radical (unpaired) electrons. The van der Waals surface area contributed by atoms with Crippen molar-refractivity contribution >= 4 is 12.2 Å². The van der Waals surface area contributed by atoms with Crippen LogP contribution in [0.1, 0.15) is 19.1 Å². The minimum Gasteiger partial charge on any atom is -0.394 e. The molecule has 2 aliphatic rings. The molecule has 2 unspecified atom stereocenters. The molecule has 0 spiro atoms. The Kier molecular flexibility index (Phi) is 4.81. The van der Waals surface area contributed by atoms with Crippen LogP contribution in [0.3, 0.4) is 0 Å². The summed E-state index contributed by atoms with van der Waals surface area (Å²) >= 11 is 0. The monoisotopic (exact) mass is 308 g/mol. The molecule has 1 N–H and O–H groups in total. The molecular formula is C14H20N4O4. The van der Waals surface area contributed by atoms with Gasteiger partial charge in [-0.1, -0.05) is 0 Å². The number of aliphatic imine (C=N–C) groups is 1. The Morgan fingerprint density at radius 1 is 1.41 bits per heavy atom. The van der Waals surface area contributed by atoms with Crippen molar-refractivity contribution in [3.63, 3.8) is 0 Å². The van der Waals surface area contributed by atoms with Gasteiger partial charge in [-0.25, -0.2) is 9.79 Å². The number of morpholine rings is 1. The molecule has 8 heteroatoms. The van der Waals surface area contributed by atoms with E-state index in [9.17, 15) is 4.79 Å². The highest BCUT2D eigenvalue weighted by molar-refractivity contribution is 5.59. The molecule has 2 fully saturated rings. The lowest BCUT2D eigenvalue weighted by molar-refractivity contribution is -0.0245. The first-order chi connectivity index (χ1) is 10.8. The molecule has 22 heavy (non-hydrogen) atoms. The summed E-state index contributed by atoms with van der Waals surface area (Å²) in [6.45, 7) is 2.93. The molecule has 0 aliphatic carbocycles. The largest absolute Gasteiger partial charge is 0.394 e. The third-order valence-corrected chi connectivity index (χ3v) is 3.81. The standard InChI is InChI=1S/C14H20N4O4/c19-9-11-1-2-13(22-11)18-4-3-12(16-14(18)20)15-10-17-5-7-21-8-6-17/h3-4,10-11,13,19H,1-2,5-9H2. The Balaban J connectivity index is 1.67. The molecule has 2 aliphatic heterocycles. The number of aliphatic hydroxyl groups excluding tert-OH is 1. The minimum absolute atomic E-state index is 0.0272. The second-order valence-corrected chi connectivity index (χ2v) is 5.34. The molecule has 3 rings (SSSR count). The van der Waals surface area contributed by atoms with Gasteiger partial charge in [0.25, 0.3) is 0 Å². The van der Waals surface area contributed by atoms with Gasteiger partial charge in [0, 0.05) is 19.3 Å². The predicted octanol–water partition coefficient (Wildman–Crippen LogP) is -0.0948. The van der Waals surface area contributed by atoms with Crippen LogP contribution in [0.2, 0.25) is 0 Å². The first-order valence-corrected chi connectivity index (χ1v) is 7.48. The zero-order valence-electron chi connectivity index (χ0n) is 12.3. The van der Waals surface area contributed by atoms with Crippen molar-refractivity contribution < 1.29 is 14.6 Å². The zero-order valence-corrected chi connectivity index (χ0v) is 12.3. The van der Waals surface area contributed by atoms with Crippen molar-refractivity contribution in [2.75, 3.05) is 32.9 Å². The molecule has 3 heterocycles. The smallest absolute Gasteiger partial charge is 0.351 e. The maximum Gasteiger partial charge on any atom is 0.351 e.